The highest BCUT2D eigenvalue weighted by Gasteiger charge is 2.36. The predicted octanol–water partition coefficient (Wildman–Crippen LogP) is 2.45. The number of benzene rings is 2. The molecule has 4 nitrogen and oxygen atoms in total. The molecule has 0 unspecified atom stereocenters. The Morgan fingerprint density at radius 3 is 1.96 bits per heavy atom. The van der Waals surface area contributed by atoms with Crippen LogP contribution in [0.4, 0.5) is 0 Å². The third-order valence-corrected chi connectivity index (χ3v) is 4.20. The van der Waals surface area contributed by atoms with Crippen molar-refractivity contribution in [3.05, 3.63) is 71.8 Å². The number of amides is 2. The molecule has 2 aromatic rings. The van der Waals surface area contributed by atoms with Crippen molar-refractivity contribution >= 4 is 11.8 Å². The van der Waals surface area contributed by atoms with E-state index in [1.807, 2.05) is 60.7 Å². The molecule has 1 aliphatic rings. The topological polar surface area (TPSA) is 40.6 Å². The van der Waals surface area contributed by atoms with Gasteiger partial charge in [0, 0.05) is 13.1 Å². The van der Waals surface area contributed by atoms with E-state index < -0.39 is 6.04 Å². The second kappa shape index (κ2) is 6.65. The molecule has 1 saturated heterocycles. The van der Waals surface area contributed by atoms with E-state index >= 15 is 0 Å². The SMILES string of the molecule is C[C@@H]1C(=O)N(Cc2ccccc2)CC(=O)N1Cc1ccccc1. The molecule has 1 fully saturated rings. The summed E-state index contributed by atoms with van der Waals surface area (Å²) in [7, 11) is 0. The quantitative estimate of drug-likeness (QED) is 0.870. The van der Waals surface area contributed by atoms with Crippen molar-refractivity contribution in [1.29, 1.82) is 0 Å². The lowest BCUT2D eigenvalue weighted by molar-refractivity contribution is -0.156. The zero-order valence-corrected chi connectivity index (χ0v) is 13.2. The maximum Gasteiger partial charge on any atom is 0.245 e. The number of hydrogen-bond donors (Lipinski definition) is 0. The monoisotopic (exact) mass is 308 g/mol. The predicted molar refractivity (Wildman–Crippen MR) is 88.3 cm³/mol. The molecule has 3 rings (SSSR count). The van der Waals surface area contributed by atoms with Gasteiger partial charge < -0.3 is 9.80 Å². The van der Waals surface area contributed by atoms with Crippen molar-refractivity contribution in [2.75, 3.05) is 6.54 Å². The molecule has 0 bridgehead atoms. The summed E-state index contributed by atoms with van der Waals surface area (Å²) < 4.78 is 0. The van der Waals surface area contributed by atoms with Crippen LogP contribution in [0.3, 0.4) is 0 Å². The standard InChI is InChI=1S/C19H20N2O2/c1-15-19(23)20(12-16-8-4-2-5-9-16)14-18(22)21(15)13-17-10-6-3-7-11-17/h2-11,15H,12-14H2,1H3/t15-/m1/s1. The molecule has 1 aliphatic heterocycles. The molecule has 4 heteroatoms. The lowest BCUT2D eigenvalue weighted by Crippen LogP contribution is -2.57. The molecule has 1 heterocycles. The number of rotatable bonds is 4. The van der Waals surface area contributed by atoms with Gasteiger partial charge in [0.15, 0.2) is 0 Å². The molecule has 2 aromatic carbocycles. The lowest BCUT2D eigenvalue weighted by atomic mass is 10.1. The molecule has 0 N–H and O–H groups in total. The van der Waals surface area contributed by atoms with Gasteiger partial charge in [0.1, 0.15) is 12.6 Å². The van der Waals surface area contributed by atoms with Crippen molar-refractivity contribution < 1.29 is 9.59 Å². The van der Waals surface area contributed by atoms with Crippen LogP contribution in [0.15, 0.2) is 60.7 Å². The summed E-state index contributed by atoms with van der Waals surface area (Å²) in [5, 5.41) is 0. The van der Waals surface area contributed by atoms with Crippen molar-refractivity contribution in [2.45, 2.75) is 26.1 Å². The van der Waals surface area contributed by atoms with E-state index in [0.717, 1.165) is 11.1 Å². The second-order valence-corrected chi connectivity index (χ2v) is 5.86. The van der Waals surface area contributed by atoms with Crippen LogP contribution in [-0.2, 0) is 22.7 Å². The van der Waals surface area contributed by atoms with Crippen LogP contribution in [0.5, 0.6) is 0 Å². The van der Waals surface area contributed by atoms with Gasteiger partial charge in [-0.05, 0) is 18.1 Å². The van der Waals surface area contributed by atoms with E-state index in [1.54, 1.807) is 16.7 Å². The van der Waals surface area contributed by atoms with Gasteiger partial charge in [-0.3, -0.25) is 9.59 Å². The smallest absolute Gasteiger partial charge is 0.245 e. The van der Waals surface area contributed by atoms with E-state index in [-0.39, 0.29) is 18.4 Å². The van der Waals surface area contributed by atoms with Crippen LogP contribution in [-0.4, -0.2) is 34.2 Å². The van der Waals surface area contributed by atoms with E-state index in [0.29, 0.717) is 13.1 Å². The van der Waals surface area contributed by atoms with Crippen molar-refractivity contribution in [2.24, 2.45) is 0 Å². The summed E-state index contributed by atoms with van der Waals surface area (Å²) in [5.74, 6) is 0.00117. The fraction of sp³-hybridized carbons (Fsp3) is 0.263. The van der Waals surface area contributed by atoms with E-state index in [4.69, 9.17) is 0 Å². The Kier molecular flexibility index (Phi) is 4.42. The number of carbonyl (C=O) groups is 2. The summed E-state index contributed by atoms with van der Waals surface area (Å²) in [6, 6.07) is 19.1. The molecule has 2 amide bonds. The fourth-order valence-electron chi connectivity index (χ4n) is 2.89. The fourth-order valence-corrected chi connectivity index (χ4v) is 2.89. The minimum absolute atomic E-state index is 0.00289. The third kappa shape index (κ3) is 3.42. The first-order chi connectivity index (χ1) is 11.1. The van der Waals surface area contributed by atoms with Crippen LogP contribution >= 0.6 is 0 Å². The van der Waals surface area contributed by atoms with Gasteiger partial charge in [0.25, 0.3) is 0 Å². The second-order valence-electron chi connectivity index (χ2n) is 5.86. The molecular weight excluding hydrogens is 288 g/mol. The molecule has 1 atom stereocenters. The largest absolute Gasteiger partial charge is 0.327 e. The Morgan fingerprint density at radius 2 is 1.39 bits per heavy atom. The minimum atomic E-state index is -0.430. The average molecular weight is 308 g/mol. The first-order valence-corrected chi connectivity index (χ1v) is 7.81. The van der Waals surface area contributed by atoms with Gasteiger partial charge in [-0.15, -0.1) is 0 Å². The maximum absolute atomic E-state index is 12.6. The lowest BCUT2D eigenvalue weighted by Gasteiger charge is -2.38. The number of piperazine rings is 1. The van der Waals surface area contributed by atoms with Gasteiger partial charge in [-0.25, -0.2) is 0 Å². The Hall–Kier alpha value is -2.62. The summed E-state index contributed by atoms with van der Waals surface area (Å²) in [4.78, 5) is 28.4. The zero-order chi connectivity index (χ0) is 16.2. The van der Waals surface area contributed by atoms with E-state index in [2.05, 4.69) is 0 Å². The van der Waals surface area contributed by atoms with Crippen LogP contribution < -0.4 is 0 Å². The van der Waals surface area contributed by atoms with Crippen molar-refractivity contribution in [3.8, 4) is 0 Å². The maximum atomic E-state index is 12.6. The Bertz CT molecular complexity index is 685. The number of carbonyl (C=O) groups excluding carboxylic acids is 2. The highest BCUT2D eigenvalue weighted by atomic mass is 16.2. The van der Waals surface area contributed by atoms with Crippen molar-refractivity contribution in [1.82, 2.24) is 9.80 Å². The summed E-state index contributed by atoms with van der Waals surface area (Å²) in [5.41, 5.74) is 2.08. The highest BCUT2D eigenvalue weighted by molar-refractivity contribution is 5.94. The van der Waals surface area contributed by atoms with Crippen LogP contribution in [0.2, 0.25) is 0 Å². The van der Waals surface area contributed by atoms with Gasteiger partial charge >= 0.3 is 0 Å². The van der Waals surface area contributed by atoms with E-state index in [9.17, 15) is 9.59 Å². The van der Waals surface area contributed by atoms with Crippen LogP contribution in [0.1, 0.15) is 18.1 Å². The van der Waals surface area contributed by atoms with Gasteiger partial charge in [0.05, 0.1) is 0 Å². The van der Waals surface area contributed by atoms with Crippen LogP contribution in [0.25, 0.3) is 0 Å². The highest BCUT2D eigenvalue weighted by Crippen LogP contribution is 2.18. The Balaban J connectivity index is 1.71. The summed E-state index contributed by atoms with van der Waals surface area (Å²) >= 11 is 0. The molecular formula is C19H20N2O2. The minimum Gasteiger partial charge on any atom is -0.327 e. The summed E-state index contributed by atoms with van der Waals surface area (Å²) in [6.07, 6.45) is 0. The van der Waals surface area contributed by atoms with Crippen molar-refractivity contribution in [3.63, 3.8) is 0 Å². The zero-order valence-electron chi connectivity index (χ0n) is 13.2. The molecule has 0 spiro atoms. The Labute approximate surface area is 136 Å². The first-order valence-electron chi connectivity index (χ1n) is 7.81. The third-order valence-electron chi connectivity index (χ3n) is 4.20. The molecule has 0 radical (unpaired) electrons. The molecule has 23 heavy (non-hydrogen) atoms. The van der Waals surface area contributed by atoms with E-state index in [1.165, 1.54) is 0 Å². The number of hydrogen-bond acceptors (Lipinski definition) is 2. The van der Waals surface area contributed by atoms with Gasteiger partial charge in [0.2, 0.25) is 11.8 Å². The average Bonchev–Trinajstić information content (AvgIpc) is 2.58. The first kappa shape index (κ1) is 15.3. The normalized spacial score (nSPS) is 18.4. The molecule has 0 aromatic heterocycles. The van der Waals surface area contributed by atoms with Crippen LogP contribution in [0, 0.1) is 0 Å². The summed E-state index contributed by atoms with van der Waals surface area (Å²) in [6.45, 7) is 2.91. The van der Waals surface area contributed by atoms with Gasteiger partial charge in [-0.1, -0.05) is 60.7 Å². The van der Waals surface area contributed by atoms with Gasteiger partial charge in [-0.2, -0.15) is 0 Å². The molecule has 0 aliphatic carbocycles. The molecule has 0 saturated carbocycles. The molecule has 118 valence electrons. The Morgan fingerprint density at radius 1 is 0.870 bits per heavy atom. The number of nitrogens with zero attached hydrogens (tertiary/aromatic N) is 2.